The molecule has 2 rings (SSSR count). The zero-order valence-electron chi connectivity index (χ0n) is 18.2. The minimum Gasteiger partial charge on any atom is -0.465 e. The van der Waals surface area contributed by atoms with E-state index in [1.54, 1.807) is 24.3 Å². The molecule has 1 atom stereocenters. The van der Waals surface area contributed by atoms with Gasteiger partial charge in [0.1, 0.15) is 12.4 Å². The summed E-state index contributed by atoms with van der Waals surface area (Å²) in [6, 6.07) is 15.4. The summed E-state index contributed by atoms with van der Waals surface area (Å²) in [5.74, 6) is -1.36. The second-order valence-corrected chi connectivity index (χ2v) is 7.16. The van der Waals surface area contributed by atoms with Gasteiger partial charge in [-0.25, -0.2) is 0 Å². The molecule has 1 N–H and O–H groups in total. The van der Waals surface area contributed by atoms with Crippen molar-refractivity contribution in [3.05, 3.63) is 65.7 Å². The summed E-state index contributed by atoms with van der Waals surface area (Å²) < 4.78 is 15.4. The average Bonchev–Trinajstić information content (AvgIpc) is 2.73. The van der Waals surface area contributed by atoms with Gasteiger partial charge in [-0.15, -0.1) is 0 Å². The molecule has 0 saturated heterocycles. The summed E-state index contributed by atoms with van der Waals surface area (Å²) >= 11 is 0. The minimum absolute atomic E-state index is 0.118. The Bertz CT molecular complexity index is 910. The van der Waals surface area contributed by atoms with Gasteiger partial charge in [0.05, 0.1) is 19.4 Å². The quantitative estimate of drug-likeness (QED) is 0.422. The third-order valence-electron chi connectivity index (χ3n) is 4.31. The predicted octanol–water partition coefficient (Wildman–Crippen LogP) is 2.73. The van der Waals surface area contributed by atoms with Gasteiger partial charge in [-0.3, -0.25) is 19.2 Å². The highest BCUT2D eigenvalue weighted by atomic mass is 16.5. The molecule has 1 amide bonds. The number of rotatable bonds is 11. The fourth-order valence-electron chi connectivity index (χ4n) is 2.89. The number of hydrogen-bond donors (Lipinski definition) is 1. The van der Waals surface area contributed by atoms with Crippen LogP contribution in [0.4, 0.5) is 0 Å². The highest BCUT2D eigenvalue weighted by molar-refractivity contribution is 5.78. The van der Waals surface area contributed by atoms with E-state index in [2.05, 4.69) is 5.32 Å². The van der Waals surface area contributed by atoms with Crippen LogP contribution in [0.15, 0.2) is 54.6 Å². The topological polar surface area (TPSA) is 108 Å². The van der Waals surface area contributed by atoms with Gasteiger partial charge in [0.2, 0.25) is 5.91 Å². The Kier molecular flexibility index (Phi) is 9.90. The minimum atomic E-state index is -0.716. The second-order valence-electron chi connectivity index (χ2n) is 7.16. The third-order valence-corrected chi connectivity index (χ3v) is 4.31. The van der Waals surface area contributed by atoms with E-state index in [0.717, 1.165) is 11.1 Å². The van der Waals surface area contributed by atoms with Crippen LogP contribution in [0.2, 0.25) is 0 Å². The number of carbonyl (C=O) groups is 4. The van der Waals surface area contributed by atoms with E-state index in [9.17, 15) is 19.2 Å². The summed E-state index contributed by atoms with van der Waals surface area (Å²) in [5.41, 5.74) is 1.74. The van der Waals surface area contributed by atoms with Crippen molar-refractivity contribution in [1.29, 1.82) is 0 Å². The van der Waals surface area contributed by atoms with Crippen molar-refractivity contribution in [2.75, 3.05) is 6.61 Å². The molecule has 170 valence electrons. The Labute approximate surface area is 186 Å². The van der Waals surface area contributed by atoms with Crippen molar-refractivity contribution in [3.8, 4) is 5.75 Å². The molecule has 0 bridgehead atoms. The standard InChI is InChI=1S/C24H27NO7/c1-17(26)25-21(15-24(29)31-16-20-6-4-3-5-7-20)14-23(28)30-13-12-19-8-10-22(11-9-19)32-18(2)27/h3-11,21H,12-16H2,1-2H3,(H,25,26). The molecule has 0 radical (unpaired) electrons. The van der Waals surface area contributed by atoms with Crippen LogP contribution in [0.1, 0.15) is 37.8 Å². The van der Waals surface area contributed by atoms with Crippen LogP contribution in [-0.2, 0) is 41.7 Å². The SMILES string of the molecule is CC(=O)NC(CC(=O)OCCc1ccc(OC(C)=O)cc1)CC(=O)OCc1ccccc1. The molecular formula is C24H27NO7. The molecule has 2 aromatic carbocycles. The maximum atomic E-state index is 12.2. The molecule has 0 aliphatic carbocycles. The van der Waals surface area contributed by atoms with Crippen molar-refractivity contribution >= 4 is 23.8 Å². The van der Waals surface area contributed by atoms with Crippen LogP contribution in [-0.4, -0.2) is 36.5 Å². The lowest BCUT2D eigenvalue weighted by Crippen LogP contribution is -2.37. The first-order chi connectivity index (χ1) is 15.3. The highest BCUT2D eigenvalue weighted by Gasteiger charge is 2.20. The molecule has 8 heteroatoms. The average molecular weight is 441 g/mol. The number of nitrogens with one attached hydrogen (secondary N) is 1. The number of benzene rings is 2. The van der Waals surface area contributed by atoms with Crippen LogP contribution in [0.25, 0.3) is 0 Å². The molecule has 0 fully saturated rings. The first-order valence-electron chi connectivity index (χ1n) is 10.2. The van der Waals surface area contributed by atoms with Gasteiger partial charge in [-0.2, -0.15) is 0 Å². The summed E-state index contributed by atoms with van der Waals surface area (Å²) in [7, 11) is 0. The monoisotopic (exact) mass is 441 g/mol. The Morgan fingerprint density at radius 1 is 0.812 bits per heavy atom. The summed E-state index contributed by atoms with van der Waals surface area (Å²) in [4.78, 5) is 46.7. The maximum absolute atomic E-state index is 12.2. The van der Waals surface area contributed by atoms with Gasteiger partial charge in [-0.1, -0.05) is 42.5 Å². The molecule has 0 spiro atoms. The molecule has 2 aromatic rings. The molecule has 0 aromatic heterocycles. The third kappa shape index (κ3) is 9.88. The highest BCUT2D eigenvalue weighted by Crippen LogP contribution is 2.13. The maximum Gasteiger partial charge on any atom is 0.308 e. The van der Waals surface area contributed by atoms with Crippen molar-refractivity contribution in [2.24, 2.45) is 0 Å². The molecule has 1 unspecified atom stereocenters. The lowest BCUT2D eigenvalue weighted by molar-refractivity contribution is -0.147. The number of esters is 3. The van der Waals surface area contributed by atoms with E-state index in [1.807, 2.05) is 30.3 Å². The van der Waals surface area contributed by atoms with E-state index in [4.69, 9.17) is 14.2 Å². The Balaban J connectivity index is 1.76. The number of carbonyl (C=O) groups excluding carboxylic acids is 4. The molecule has 0 heterocycles. The molecule has 0 saturated carbocycles. The smallest absolute Gasteiger partial charge is 0.308 e. The van der Waals surface area contributed by atoms with Crippen molar-refractivity contribution < 1.29 is 33.4 Å². The zero-order valence-corrected chi connectivity index (χ0v) is 18.2. The number of hydrogen-bond acceptors (Lipinski definition) is 7. The van der Waals surface area contributed by atoms with Crippen LogP contribution in [0.3, 0.4) is 0 Å². The van der Waals surface area contributed by atoms with Crippen molar-refractivity contribution in [2.45, 2.75) is 45.8 Å². The summed E-state index contributed by atoms with van der Waals surface area (Å²) in [6.07, 6.45) is 0.181. The second kappa shape index (κ2) is 12.9. The van der Waals surface area contributed by atoms with Gasteiger partial charge in [0.25, 0.3) is 0 Å². The van der Waals surface area contributed by atoms with Gasteiger partial charge in [0, 0.05) is 26.3 Å². The van der Waals surface area contributed by atoms with E-state index in [0.29, 0.717) is 12.2 Å². The number of ether oxygens (including phenoxy) is 3. The Hall–Kier alpha value is -3.68. The number of amides is 1. The molecule has 32 heavy (non-hydrogen) atoms. The normalized spacial score (nSPS) is 11.2. The van der Waals surface area contributed by atoms with Crippen LogP contribution < -0.4 is 10.1 Å². The molecular weight excluding hydrogens is 414 g/mol. The van der Waals surface area contributed by atoms with E-state index in [-0.39, 0.29) is 32.0 Å². The molecule has 0 aliphatic rings. The Morgan fingerprint density at radius 2 is 1.44 bits per heavy atom. The van der Waals surface area contributed by atoms with Gasteiger partial charge < -0.3 is 19.5 Å². The fraction of sp³-hybridized carbons (Fsp3) is 0.333. The first-order valence-corrected chi connectivity index (χ1v) is 10.2. The fourth-order valence-corrected chi connectivity index (χ4v) is 2.89. The molecule has 0 aliphatic heterocycles. The van der Waals surface area contributed by atoms with Crippen LogP contribution in [0, 0.1) is 0 Å². The largest absolute Gasteiger partial charge is 0.465 e. The Morgan fingerprint density at radius 3 is 2.03 bits per heavy atom. The van der Waals surface area contributed by atoms with Gasteiger partial charge >= 0.3 is 17.9 Å². The van der Waals surface area contributed by atoms with Crippen molar-refractivity contribution in [3.63, 3.8) is 0 Å². The zero-order chi connectivity index (χ0) is 23.3. The summed E-state index contributed by atoms with van der Waals surface area (Å²) in [5, 5.41) is 2.59. The van der Waals surface area contributed by atoms with Gasteiger partial charge in [0.15, 0.2) is 0 Å². The van der Waals surface area contributed by atoms with E-state index >= 15 is 0 Å². The lowest BCUT2D eigenvalue weighted by Gasteiger charge is -2.16. The molecule has 8 nitrogen and oxygen atoms in total. The van der Waals surface area contributed by atoms with Crippen LogP contribution >= 0.6 is 0 Å². The van der Waals surface area contributed by atoms with E-state index in [1.165, 1.54) is 13.8 Å². The predicted molar refractivity (Wildman–Crippen MR) is 115 cm³/mol. The van der Waals surface area contributed by atoms with Crippen molar-refractivity contribution in [1.82, 2.24) is 5.32 Å². The summed E-state index contributed by atoms with van der Waals surface area (Å²) in [6.45, 7) is 2.89. The van der Waals surface area contributed by atoms with Gasteiger partial charge in [-0.05, 0) is 23.3 Å². The lowest BCUT2D eigenvalue weighted by atomic mass is 10.1. The van der Waals surface area contributed by atoms with E-state index < -0.39 is 23.9 Å². The van der Waals surface area contributed by atoms with Crippen LogP contribution in [0.5, 0.6) is 5.75 Å². The first kappa shape index (κ1) is 24.6.